The zero-order chi connectivity index (χ0) is 20.5. The lowest BCUT2D eigenvalue weighted by molar-refractivity contribution is -0.113. The fraction of sp³-hybridized carbons (Fsp3) is 0.550. The van der Waals surface area contributed by atoms with E-state index in [0.29, 0.717) is 11.5 Å². The number of aliphatic imine (C=N–C) groups is 2. The highest BCUT2D eigenvalue weighted by atomic mass is 16.2. The molecule has 2 heterocycles. The number of hydrogen-bond acceptors (Lipinski definition) is 4. The van der Waals surface area contributed by atoms with Gasteiger partial charge in [0.2, 0.25) is 0 Å². The molecule has 1 fully saturated rings. The lowest BCUT2D eigenvalue weighted by Gasteiger charge is -2.22. The maximum atomic E-state index is 12.5. The predicted octanol–water partition coefficient (Wildman–Crippen LogP) is 3.40. The molecule has 150 valence electrons. The molecule has 1 aliphatic carbocycles. The zero-order valence-electron chi connectivity index (χ0n) is 17.0. The van der Waals surface area contributed by atoms with Crippen molar-refractivity contribution >= 4 is 29.4 Å². The van der Waals surface area contributed by atoms with Crippen molar-refractivity contribution in [1.82, 2.24) is 15.1 Å². The molecule has 1 aromatic rings. The second-order valence-corrected chi connectivity index (χ2v) is 8.40. The smallest absolute Gasteiger partial charge is 0.320 e. The minimum Gasteiger partial charge on any atom is -0.335 e. The summed E-state index contributed by atoms with van der Waals surface area (Å²) in [7, 11) is 0. The molecule has 2 N–H and O–H groups in total. The number of carbonyl (C=O) groups is 2. The van der Waals surface area contributed by atoms with Crippen LogP contribution in [0.4, 0.5) is 10.6 Å². The van der Waals surface area contributed by atoms with Gasteiger partial charge >= 0.3 is 6.03 Å². The zero-order valence-corrected chi connectivity index (χ0v) is 17.0. The van der Waals surface area contributed by atoms with Crippen LogP contribution in [0.15, 0.2) is 28.2 Å². The molecule has 0 atom stereocenters. The Balaban J connectivity index is 1.88. The van der Waals surface area contributed by atoms with Crippen LogP contribution in [0.5, 0.6) is 0 Å². The molecule has 2 aliphatic rings. The second-order valence-electron chi connectivity index (χ2n) is 8.40. The summed E-state index contributed by atoms with van der Waals surface area (Å²) in [6.45, 7) is 11.5. The first kappa shape index (κ1) is 20.0. The highest BCUT2D eigenvalue weighted by molar-refractivity contribution is 6.27. The van der Waals surface area contributed by atoms with Crippen LogP contribution >= 0.6 is 0 Å². The van der Waals surface area contributed by atoms with Crippen LogP contribution < -0.4 is 10.6 Å². The third-order valence-electron chi connectivity index (χ3n) is 5.01. The van der Waals surface area contributed by atoms with Crippen molar-refractivity contribution in [3.8, 4) is 0 Å². The quantitative estimate of drug-likeness (QED) is 0.764. The van der Waals surface area contributed by atoms with E-state index < -0.39 is 5.91 Å². The minimum atomic E-state index is -0.451. The molecule has 1 aliphatic heterocycles. The van der Waals surface area contributed by atoms with Crippen LogP contribution in [-0.2, 0) is 10.2 Å². The van der Waals surface area contributed by atoms with Gasteiger partial charge in [-0.1, -0.05) is 46.6 Å². The number of carbonyl (C=O) groups excluding carboxylic acids is 2. The van der Waals surface area contributed by atoms with Crippen LogP contribution in [-0.4, -0.2) is 39.4 Å². The van der Waals surface area contributed by atoms with Crippen molar-refractivity contribution in [2.75, 3.05) is 5.32 Å². The molecule has 28 heavy (non-hydrogen) atoms. The Morgan fingerprint density at radius 3 is 2.50 bits per heavy atom. The normalized spacial score (nSPS) is 18.6. The first-order valence-corrected chi connectivity index (χ1v) is 9.71. The average molecular weight is 384 g/mol. The molecular weight excluding hydrogens is 356 g/mol. The molecule has 0 unspecified atom stereocenters. The Labute approximate surface area is 165 Å². The Bertz CT molecular complexity index is 866. The molecule has 8 nitrogen and oxygen atoms in total. The first-order valence-electron chi connectivity index (χ1n) is 9.71. The predicted molar refractivity (Wildman–Crippen MR) is 110 cm³/mol. The van der Waals surface area contributed by atoms with Gasteiger partial charge in [-0.3, -0.25) is 10.1 Å². The van der Waals surface area contributed by atoms with E-state index in [1.165, 1.54) is 11.1 Å². The SMILES string of the molecule is C=C1C(=O)N=C(n2nc(C(C)(C)C)cc2NC(=O)NC2CCCCC2)N=C1C. The van der Waals surface area contributed by atoms with Gasteiger partial charge in [0.25, 0.3) is 11.9 Å². The van der Waals surface area contributed by atoms with Gasteiger partial charge in [-0.25, -0.2) is 9.79 Å². The molecule has 1 saturated carbocycles. The third kappa shape index (κ3) is 4.37. The van der Waals surface area contributed by atoms with Gasteiger partial charge in [0.1, 0.15) is 5.82 Å². The van der Waals surface area contributed by atoms with Gasteiger partial charge < -0.3 is 5.32 Å². The monoisotopic (exact) mass is 384 g/mol. The standard InChI is InChI=1S/C20H28N6O2/c1-12-13(2)21-18(24-17(12)27)26-16(11-15(25-26)20(3,4)5)23-19(28)22-14-9-7-6-8-10-14/h11,14H,1,6-10H2,2-5H3,(H2,22,23,28). The van der Waals surface area contributed by atoms with Crippen LogP contribution in [0.25, 0.3) is 0 Å². The van der Waals surface area contributed by atoms with E-state index in [0.717, 1.165) is 31.4 Å². The van der Waals surface area contributed by atoms with Gasteiger partial charge in [0.15, 0.2) is 0 Å². The van der Waals surface area contributed by atoms with E-state index in [-0.39, 0.29) is 29.0 Å². The lowest BCUT2D eigenvalue weighted by atomic mass is 9.92. The van der Waals surface area contributed by atoms with Crippen molar-refractivity contribution in [1.29, 1.82) is 0 Å². The summed E-state index contributed by atoms with van der Waals surface area (Å²) in [4.78, 5) is 32.9. The Kier molecular flexibility index (Phi) is 5.49. The second kappa shape index (κ2) is 7.69. The fourth-order valence-corrected chi connectivity index (χ4v) is 3.22. The maximum Gasteiger partial charge on any atom is 0.320 e. The summed E-state index contributed by atoms with van der Waals surface area (Å²) >= 11 is 0. The number of nitrogens with one attached hydrogen (secondary N) is 2. The van der Waals surface area contributed by atoms with E-state index in [9.17, 15) is 9.59 Å². The van der Waals surface area contributed by atoms with Crippen molar-refractivity contribution in [2.45, 2.75) is 71.3 Å². The van der Waals surface area contributed by atoms with Crippen molar-refractivity contribution < 1.29 is 9.59 Å². The van der Waals surface area contributed by atoms with E-state index in [1.54, 1.807) is 13.0 Å². The van der Waals surface area contributed by atoms with Gasteiger partial charge in [-0.15, -0.1) is 0 Å². The van der Waals surface area contributed by atoms with E-state index >= 15 is 0 Å². The lowest BCUT2D eigenvalue weighted by Crippen LogP contribution is -2.39. The minimum absolute atomic E-state index is 0.123. The Hall–Kier alpha value is -2.77. The molecule has 3 amide bonds. The summed E-state index contributed by atoms with van der Waals surface area (Å²) < 4.78 is 1.41. The number of anilines is 1. The van der Waals surface area contributed by atoms with Crippen LogP contribution in [0.3, 0.4) is 0 Å². The Morgan fingerprint density at radius 2 is 1.89 bits per heavy atom. The number of aromatic nitrogens is 2. The van der Waals surface area contributed by atoms with Crippen molar-refractivity contribution in [2.24, 2.45) is 9.98 Å². The fourth-order valence-electron chi connectivity index (χ4n) is 3.22. The molecule has 1 aromatic heterocycles. The van der Waals surface area contributed by atoms with Gasteiger partial charge in [0.05, 0.1) is 17.0 Å². The first-order chi connectivity index (χ1) is 13.1. The van der Waals surface area contributed by atoms with E-state index in [2.05, 4.69) is 32.3 Å². The van der Waals surface area contributed by atoms with Crippen LogP contribution in [0, 0.1) is 0 Å². The van der Waals surface area contributed by atoms with Gasteiger partial charge in [0, 0.05) is 17.5 Å². The maximum absolute atomic E-state index is 12.5. The molecule has 0 radical (unpaired) electrons. The number of amides is 3. The molecule has 8 heteroatoms. The number of urea groups is 1. The van der Waals surface area contributed by atoms with Gasteiger partial charge in [-0.2, -0.15) is 14.8 Å². The topological polar surface area (TPSA) is 101 Å². The summed E-state index contributed by atoms with van der Waals surface area (Å²) in [5.41, 5.74) is 1.26. The van der Waals surface area contributed by atoms with Crippen LogP contribution in [0.2, 0.25) is 0 Å². The van der Waals surface area contributed by atoms with E-state index in [1.807, 2.05) is 20.8 Å². The van der Waals surface area contributed by atoms with Crippen molar-refractivity contribution in [3.63, 3.8) is 0 Å². The average Bonchev–Trinajstić information content (AvgIpc) is 3.04. The van der Waals surface area contributed by atoms with Gasteiger partial charge in [-0.05, 0) is 19.8 Å². The summed E-state index contributed by atoms with van der Waals surface area (Å²) in [6.07, 6.45) is 5.47. The summed E-state index contributed by atoms with van der Waals surface area (Å²) in [5, 5.41) is 10.4. The van der Waals surface area contributed by atoms with Crippen LogP contribution in [0.1, 0.15) is 65.5 Å². The summed E-state index contributed by atoms with van der Waals surface area (Å²) in [5.74, 6) is 0.0973. The highest BCUT2D eigenvalue weighted by Gasteiger charge is 2.26. The molecule has 0 saturated heterocycles. The number of rotatable bonds is 2. The molecule has 0 bridgehead atoms. The number of hydrogen-bond donors (Lipinski definition) is 2. The molecule has 3 rings (SSSR count). The molecule has 0 spiro atoms. The molecular formula is C20H28N6O2. The highest BCUT2D eigenvalue weighted by Crippen LogP contribution is 2.25. The number of nitrogens with zero attached hydrogens (tertiary/aromatic N) is 4. The Morgan fingerprint density at radius 1 is 1.21 bits per heavy atom. The van der Waals surface area contributed by atoms with E-state index in [4.69, 9.17) is 0 Å². The van der Waals surface area contributed by atoms with Crippen molar-refractivity contribution in [3.05, 3.63) is 23.9 Å². The molecule has 0 aromatic carbocycles. The third-order valence-corrected chi connectivity index (χ3v) is 5.01. The summed E-state index contributed by atoms with van der Waals surface area (Å²) in [6, 6.07) is 1.69. The largest absolute Gasteiger partial charge is 0.335 e.